The Morgan fingerprint density at radius 3 is 2.24 bits per heavy atom. The molecule has 0 unspecified atom stereocenters. The van der Waals surface area contributed by atoms with Crippen LogP contribution in [0.5, 0.6) is 0 Å². The Kier molecular flexibility index (Phi) is 6.80. The van der Waals surface area contributed by atoms with E-state index in [1.807, 2.05) is 25.8 Å². The zero-order chi connectivity index (χ0) is 13.5. The number of carbonyl (C=O) groups is 2. The molecule has 0 aliphatic heterocycles. The summed E-state index contributed by atoms with van der Waals surface area (Å²) in [7, 11) is 4.69. The minimum absolute atomic E-state index is 0.203. The van der Waals surface area contributed by atoms with Gasteiger partial charge < -0.3 is 14.4 Å². The van der Waals surface area contributed by atoms with Crippen molar-refractivity contribution >= 4 is 11.9 Å². The molecule has 5 heteroatoms. The molecule has 0 fully saturated rings. The van der Waals surface area contributed by atoms with Gasteiger partial charge in [0.15, 0.2) is 0 Å². The van der Waals surface area contributed by atoms with Gasteiger partial charge in [-0.1, -0.05) is 0 Å². The molecule has 100 valence electrons. The summed E-state index contributed by atoms with van der Waals surface area (Å²) in [6.45, 7) is 5.03. The number of hydrogen-bond acceptors (Lipinski definition) is 5. The smallest absolute Gasteiger partial charge is 0.312 e. The van der Waals surface area contributed by atoms with E-state index in [9.17, 15) is 9.59 Å². The minimum atomic E-state index is -0.533. The highest BCUT2D eigenvalue weighted by molar-refractivity contribution is 5.76. The van der Waals surface area contributed by atoms with Crippen molar-refractivity contribution in [2.24, 2.45) is 5.41 Å². The molecule has 17 heavy (non-hydrogen) atoms. The topological polar surface area (TPSA) is 55.8 Å². The fraction of sp³-hybridized carbons (Fsp3) is 0.833. The van der Waals surface area contributed by atoms with Gasteiger partial charge in [-0.2, -0.15) is 0 Å². The van der Waals surface area contributed by atoms with Crippen LogP contribution in [-0.4, -0.2) is 51.2 Å². The first-order valence-corrected chi connectivity index (χ1v) is 5.67. The Morgan fingerprint density at radius 1 is 1.18 bits per heavy atom. The van der Waals surface area contributed by atoms with E-state index in [0.29, 0.717) is 13.0 Å². The quantitative estimate of drug-likeness (QED) is 0.628. The van der Waals surface area contributed by atoms with Gasteiger partial charge in [-0.25, -0.2) is 0 Å². The van der Waals surface area contributed by atoms with Crippen molar-refractivity contribution < 1.29 is 19.1 Å². The van der Waals surface area contributed by atoms with Gasteiger partial charge in [0.05, 0.1) is 19.6 Å². The van der Waals surface area contributed by atoms with Crippen LogP contribution in [0.1, 0.15) is 26.7 Å². The lowest BCUT2D eigenvalue weighted by molar-refractivity contribution is -0.151. The number of esters is 2. The summed E-state index contributed by atoms with van der Waals surface area (Å²) < 4.78 is 9.29. The first kappa shape index (κ1) is 15.9. The summed E-state index contributed by atoms with van der Waals surface area (Å²) in [5, 5.41) is 0. The van der Waals surface area contributed by atoms with Crippen molar-refractivity contribution in [3.05, 3.63) is 0 Å². The second-order valence-electron chi connectivity index (χ2n) is 4.79. The lowest BCUT2D eigenvalue weighted by Crippen LogP contribution is -2.38. The average molecular weight is 245 g/mol. The van der Waals surface area contributed by atoms with E-state index in [-0.39, 0.29) is 11.9 Å². The van der Waals surface area contributed by atoms with Crippen LogP contribution in [-0.2, 0) is 19.1 Å². The fourth-order valence-electron chi connectivity index (χ4n) is 1.69. The molecule has 0 N–H and O–H groups in total. The SMILES string of the molecule is COC(=O)CCCN(C)CC(C)(C)C(=O)OC. The van der Waals surface area contributed by atoms with E-state index in [1.54, 1.807) is 0 Å². The van der Waals surface area contributed by atoms with E-state index in [2.05, 4.69) is 4.74 Å². The number of carbonyl (C=O) groups excluding carboxylic acids is 2. The molecule has 0 heterocycles. The molecule has 0 aromatic rings. The van der Waals surface area contributed by atoms with Gasteiger partial charge >= 0.3 is 11.9 Å². The fourth-order valence-corrected chi connectivity index (χ4v) is 1.69. The lowest BCUT2D eigenvalue weighted by atomic mass is 9.93. The zero-order valence-corrected chi connectivity index (χ0v) is 11.4. The van der Waals surface area contributed by atoms with E-state index >= 15 is 0 Å². The van der Waals surface area contributed by atoms with Crippen LogP contribution in [0.3, 0.4) is 0 Å². The van der Waals surface area contributed by atoms with Crippen molar-refractivity contribution in [2.75, 3.05) is 34.4 Å². The number of ether oxygens (including phenoxy) is 2. The monoisotopic (exact) mass is 245 g/mol. The Morgan fingerprint density at radius 2 is 1.76 bits per heavy atom. The van der Waals surface area contributed by atoms with Crippen LogP contribution in [0, 0.1) is 5.41 Å². The van der Waals surface area contributed by atoms with Gasteiger partial charge in [-0.05, 0) is 33.9 Å². The maximum Gasteiger partial charge on any atom is 0.312 e. The van der Waals surface area contributed by atoms with E-state index in [0.717, 1.165) is 13.0 Å². The maximum absolute atomic E-state index is 11.5. The molecule has 0 saturated carbocycles. The Balaban J connectivity index is 3.97. The third-order valence-electron chi connectivity index (χ3n) is 2.55. The molecule has 0 aliphatic carbocycles. The normalized spacial score (nSPS) is 11.4. The summed E-state index contributed by atoms with van der Waals surface area (Å²) in [4.78, 5) is 24.4. The Bertz CT molecular complexity index is 263. The van der Waals surface area contributed by atoms with Crippen molar-refractivity contribution in [3.8, 4) is 0 Å². The molecule has 0 amide bonds. The molecule has 0 aliphatic rings. The Hall–Kier alpha value is -1.10. The maximum atomic E-state index is 11.5. The highest BCUT2D eigenvalue weighted by Crippen LogP contribution is 2.18. The number of methoxy groups -OCH3 is 2. The van der Waals surface area contributed by atoms with Gasteiger partial charge in [0, 0.05) is 13.0 Å². The first-order valence-electron chi connectivity index (χ1n) is 5.67. The van der Waals surface area contributed by atoms with Crippen molar-refractivity contribution in [1.29, 1.82) is 0 Å². The zero-order valence-electron chi connectivity index (χ0n) is 11.4. The summed E-state index contributed by atoms with van der Waals surface area (Å²) in [5.41, 5.74) is -0.533. The minimum Gasteiger partial charge on any atom is -0.469 e. The van der Waals surface area contributed by atoms with E-state index in [1.165, 1.54) is 14.2 Å². The molecule has 5 nitrogen and oxygen atoms in total. The number of nitrogens with zero attached hydrogens (tertiary/aromatic N) is 1. The third-order valence-corrected chi connectivity index (χ3v) is 2.55. The number of hydrogen-bond donors (Lipinski definition) is 0. The molecule has 0 radical (unpaired) electrons. The largest absolute Gasteiger partial charge is 0.469 e. The summed E-state index contributed by atoms with van der Waals surface area (Å²) in [5.74, 6) is -0.428. The van der Waals surface area contributed by atoms with E-state index < -0.39 is 5.41 Å². The van der Waals surface area contributed by atoms with Crippen LogP contribution in [0.2, 0.25) is 0 Å². The third kappa shape index (κ3) is 6.26. The van der Waals surface area contributed by atoms with Crippen LogP contribution in [0.15, 0.2) is 0 Å². The van der Waals surface area contributed by atoms with Gasteiger partial charge in [-0.15, -0.1) is 0 Å². The molecule has 0 bridgehead atoms. The summed E-state index contributed by atoms with van der Waals surface area (Å²) >= 11 is 0. The highest BCUT2D eigenvalue weighted by Gasteiger charge is 2.29. The van der Waals surface area contributed by atoms with Crippen LogP contribution >= 0.6 is 0 Å². The second kappa shape index (κ2) is 7.27. The first-order chi connectivity index (χ1) is 7.83. The van der Waals surface area contributed by atoms with Gasteiger partial charge in [0.1, 0.15) is 0 Å². The van der Waals surface area contributed by atoms with Gasteiger partial charge in [0.2, 0.25) is 0 Å². The number of rotatable bonds is 7. The Labute approximate surface area is 103 Å². The van der Waals surface area contributed by atoms with Crippen LogP contribution in [0.4, 0.5) is 0 Å². The molecule has 0 atom stereocenters. The predicted molar refractivity (Wildman–Crippen MR) is 64.5 cm³/mol. The molecule has 0 saturated heterocycles. The predicted octanol–water partition coefficient (Wildman–Crippen LogP) is 1.07. The van der Waals surface area contributed by atoms with Crippen LogP contribution in [0.25, 0.3) is 0 Å². The van der Waals surface area contributed by atoms with Crippen LogP contribution < -0.4 is 0 Å². The molecule has 0 aromatic heterocycles. The van der Waals surface area contributed by atoms with Crippen molar-refractivity contribution in [3.63, 3.8) is 0 Å². The van der Waals surface area contributed by atoms with Gasteiger partial charge in [-0.3, -0.25) is 9.59 Å². The summed E-state index contributed by atoms with van der Waals surface area (Å²) in [6, 6.07) is 0. The molecule has 0 spiro atoms. The summed E-state index contributed by atoms with van der Waals surface area (Å²) in [6.07, 6.45) is 1.12. The molecule has 0 aromatic carbocycles. The standard InChI is InChI=1S/C12H23NO4/c1-12(2,11(15)17-5)9-13(3)8-6-7-10(14)16-4/h6-9H2,1-5H3. The van der Waals surface area contributed by atoms with E-state index in [4.69, 9.17) is 4.74 Å². The van der Waals surface area contributed by atoms with Crippen molar-refractivity contribution in [2.45, 2.75) is 26.7 Å². The molecular weight excluding hydrogens is 222 g/mol. The lowest BCUT2D eigenvalue weighted by Gasteiger charge is -2.27. The average Bonchev–Trinajstić information content (AvgIpc) is 2.26. The highest BCUT2D eigenvalue weighted by atomic mass is 16.5. The van der Waals surface area contributed by atoms with Gasteiger partial charge in [0.25, 0.3) is 0 Å². The van der Waals surface area contributed by atoms with Crippen molar-refractivity contribution in [1.82, 2.24) is 4.90 Å². The second-order valence-corrected chi connectivity index (χ2v) is 4.79. The molecule has 0 rings (SSSR count). The molecular formula is C12H23NO4.